The molecule has 53 heavy (non-hydrogen) atoms. The van der Waals surface area contributed by atoms with Crippen LogP contribution in [-0.4, -0.2) is 87.5 Å². The molecule has 1 rings (SSSR count). The lowest BCUT2D eigenvalue weighted by molar-refractivity contribution is -0.302. The molecule has 6 N–H and O–H groups in total. The number of aliphatic hydroxyl groups is 5. The number of amides is 1. The molecule has 9 nitrogen and oxygen atoms in total. The van der Waals surface area contributed by atoms with E-state index in [4.69, 9.17) is 9.47 Å². The van der Waals surface area contributed by atoms with Gasteiger partial charge in [0.25, 0.3) is 0 Å². The van der Waals surface area contributed by atoms with Crippen LogP contribution in [0.2, 0.25) is 0 Å². The molecule has 0 aromatic rings. The Labute approximate surface area is 323 Å². The van der Waals surface area contributed by atoms with Gasteiger partial charge in [-0.25, -0.2) is 0 Å². The van der Waals surface area contributed by atoms with Gasteiger partial charge in [-0.1, -0.05) is 145 Å². The van der Waals surface area contributed by atoms with Crippen molar-refractivity contribution in [2.24, 2.45) is 0 Å². The van der Waals surface area contributed by atoms with Gasteiger partial charge in [-0.2, -0.15) is 0 Å². The van der Waals surface area contributed by atoms with E-state index < -0.39 is 49.5 Å². The molecule has 0 aromatic carbocycles. The molecule has 1 aliphatic rings. The Kier molecular flexibility index (Phi) is 32.1. The minimum Gasteiger partial charge on any atom is -0.394 e. The number of hydrogen-bond donors (Lipinski definition) is 6. The highest BCUT2D eigenvalue weighted by molar-refractivity contribution is 5.76. The lowest BCUT2D eigenvalue weighted by Crippen LogP contribution is -2.60. The normalized spacial score (nSPS) is 22.1. The molecule has 0 saturated carbocycles. The molecular weight excluding hydrogens is 670 g/mol. The lowest BCUT2D eigenvalue weighted by Gasteiger charge is -2.40. The lowest BCUT2D eigenvalue weighted by atomic mass is 9.99. The molecule has 1 amide bonds. The van der Waals surface area contributed by atoms with Gasteiger partial charge >= 0.3 is 0 Å². The van der Waals surface area contributed by atoms with Gasteiger partial charge in [-0.3, -0.25) is 4.79 Å². The van der Waals surface area contributed by atoms with Gasteiger partial charge in [-0.15, -0.1) is 0 Å². The predicted molar refractivity (Wildman–Crippen MR) is 216 cm³/mol. The highest BCUT2D eigenvalue weighted by Crippen LogP contribution is 2.22. The van der Waals surface area contributed by atoms with Crippen molar-refractivity contribution in [1.82, 2.24) is 5.32 Å². The molecule has 1 saturated heterocycles. The monoisotopic (exact) mass is 750 g/mol. The van der Waals surface area contributed by atoms with E-state index in [9.17, 15) is 30.3 Å². The summed E-state index contributed by atoms with van der Waals surface area (Å²) in [7, 11) is 0. The van der Waals surface area contributed by atoms with E-state index in [0.717, 1.165) is 57.8 Å². The molecule has 308 valence electrons. The fourth-order valence-electron chi connectivity index (χ4n) is 6.48. The van der Waals surface area contributed by atoms with Crippen molar-refractivity contribution in [3.8, 4) is 0 Å². The van der Waals surface area contributed by atoms with E-state index in [0.29, 0.717) is 6.42 Å². The van der Waals surface area contributed by atoms with Crippen LogP contribution < -0.4 is 5.32 Å². The van der Waals surface area contributed by atoms with Crippen LogP contribution in [0.5, 0.6) is 0 Å². The van der Waals surface area contributed by atoms with Crippen LogP contribution in [0.25, 0.3) is 0 Å². The number of allylic oxidation sites excluding steroid dienone is 7. The first-order valence-electron chi connectivity index (χ1n) is 21.3. The molecule has 1 fully saturated rings. The minimum atomic E-state index is -1.57. The molecule has 0 aromatic heterocycles. The first kappa shape index (κ1) is 49.2. The van der Waals surface area contributed by atoms with Crippen molar-refractivity contribution < 1.29 is 39.8 Å². The van der Waals surface area contributed by atoms with E-state index in [-0.39, 0.29) is 12.5 Å². The van der Waals surface area contributed by atoms with Gasteiger partial charge in [0.15, 0.2) is 6.29 Å². The maximum Gasteiger partial charge on any atom is 0.220 e. The minimum absolute atomic E-state index is 0.200. The second-order valence-corrected chi connectivity index (χ2v) is 14.8. The Morgan fingerprint density at radius 3 is 1.70 bits per heavy atom. The summed E-state index contributed by atoms with van der Waals surface area (Å²) in [5, 5.41) is 53.9. The van der Waals surface area contributed by atoms with Crippen molar-refractivity contribution in [2.75, 3.05) is 13.2 Å². The second-order valence-electron chi connectivity index (χ2n) is 14.8. The third-order valence-electron chi connectivity index (χ3n) is 9.95. The summed E-state index contributed by atoms with van der Waals surface area (Å²) >= 11 is 0. The molecule has 9 heteroatoms. The largest absolute Gasteiger partial charge is 0.394 e. The zero-order chi connectivity index (χ0) is 38.8. The van der Waals surface area contributed by atoms with Crippen LogP contribution in [0.3, 0.4) is 0 Å². The van der Waals surface area contributed by atoms with Crippen molar-refractivity contribution >= 4 is 5.91 Å². The van der Waals surface area contributed by atoms with Crippen molar-refractivity contribution in [3.63, 3.8) is 0 Å². The van der Waals surface area contributed by atoms with Gasteiger partial charge in [0.05, 0.1) is 25.4 Å². The van der Waals surface area contributed by atoms with Crippen LogP contribution in [-0.2, 0) is 14.3 Å². The van der Waals surface area contributed by atoms with Gasteiger partial charge in [0, 0.05) is 6.42 Å². The quantitative estimate of drug-likeness (QED) is 0.0285. The third kappa shape index (κ3) is 25.8. The number of carbonyl (C=O) groups is 1. The van der Waals surface area contributed by atoms with Crippen molar-refractivity contribution in [1.29, 1.82) is 0 Å². The van der Waals surface area contributed by atoms with E-state index in [1.807, 2.05) is 19.1 Å². The predicted octanol–water partition coefficient (Wildman–Crippen LogP) is 8.28. The third-order valence-corrected chi connectivity index (χ3v) is 9.95. The molecule has 1 heterocycles. The Hall–Kier alpha value is -1.85. The Morgan fingerprint density at radius 2 is 1.15 bits per heavy atom. The maximum absolute atomic E-state index is 12.9. The Balaban J connectivity index is 2.31. The van der Waals surface area contributed by atoms with Crippen LogP contribution in [0, 0.1) is 0 Å². The van der Waals surface area contributed by atoms with Gasteiger partial charge < -0.3 is 40.3 Å². The van der Waals surface area contributed by atoms with Gasteiger partial charge in [0.2, 0.25) is 5.91 Å². The van der Waals surface area contributed by atoms with E-state index >= 15 is 0 Å². The van der Waals surface area contributed by atoms with Crippen LogP contribution in [0.4, 0.5) is 0 Å². The summed E-state index contributed by atoms with van der Waals surface area (Å²) in [6.07, 6.45) is 36.2. The number of carbonyl (C=O) groups excluding carboxylic acids is 1. The highest BCUT2D eigenvalue weighted by atomic mass is 16.7. The number of nitrogens with one attached hydrogen (secondary N) is 1. The summed E-state index contributed by atoms with van der Waals surface area (Å²) in [5.74, 6) is -0.200. The molecular formula is C44H79NO8. The van der Waals surface area contributed by atoms with E-state index in [1.54, 1.807) is 6.08 Å². The number of unbranched alkanes of at least 4 members (excludes halogenated alkanes) is 19. The summed E-state index contributed by atoms with van der Waals surface area (Å²) in [6.45, 7) is 3.50. The Morgan fingerprint density at radius 1 is 0.660 bits per heavy atom. The second kappa shape index (κ2) is 34.6. The molecule has 7 unspecified atom stereocenters. The fourth-order valence-corrected chi connectivity index (χ4v) is 6.48. The fraction of sp³-hybridized carbons (Fsp3) is 0.795. The zero-order valence-corrected chi connectivity index (χ0v) is 33.5. The molecule has 7 atom stereocenters. The smallest absolute Gasteiger partial charge is 0.220 e. The average Bonchev–Trinajstić information content (AvgIpc) is 3.16. The number of hydrogen-bond acceptors (Lipinski definition) is 8. The first-order chi connectivity index (χ1) is 25.8. The number of ether oxygens (including phenoxy) is 2. The maximum atomic E-state index is 12.9. The molecule has 0 bridgehead atoms. The van der Waals surface area contributed by atoms with Crippen LogP contribution in [0.1, 0.15) is 168 Å². The molecule has 0 radical (unpaired) electrons. The molecule has 1 aliphatic heterocycles. The number of aliphatic hydroxyl groups excluding tert-OH is 5. The summed E-state index contributed by atoms with van der Waals surface area (Å²) in [5.41, 5.74) is 0. The van der Waals surface area contributed by atoms with Crippen molar-refractivity contribution in [2.45, 2.75) is 211 Å². The summed E-state index contributed by atoms with van der Waals surface area (Å²) in [6, 6.07) is -0.827. The summed E-state index contributed by atoms with van der Waals surface area (Å²) in [4.78, 5) is 12.9. The van der Waals surface area contributed by atoms with Gasteiger partial charge in [-0.05, 0) is 64.7 Å². The summed E-state index contributed by atoms with van der Waals surface area (Å²) < 4.78 is 11.1. The van der Waals surface area contributed by atoms with Gasteiger partial charge in [0.1, 0.15) is 24.4 Å². The topological polar surface area (TPSA) is 149 Å². The SMILES string of the molecule is C/C=C/CC/C=C/CC/C=C/C(O)C(COC1OC(CO)C(O)C(O)C1O)NC(=O)CCCCCCCCC/C=C\CCCCCCCCCCCC. The van der Waals surface area contributed by atoms with Crippen molar-refractivity contribution in [3.05, 3.63) is 48.6 Å². The number of rotatable bonds is 34. The Bertz CT molecular complexity index is 967. The van der Waals surface area contributed by atoms with E-state index in [2.05, 4.69) is 42.6 Å². The first-order valence-corrected chi connectivity index (χ1v) is 21.3. The van der Waals surface area contributed by atoms with Crippen LogP contribution >= 0.6 is 0 Å². The van der Waals surface area contributed by atoms with E-state index in [1.165, 1.54) is 89.9 Å². The molecule has 0 aliphatic carbocycles. The highest BCUT2D eigenvalue weighted by Gasteiger charge is 2.44. The average molecular weight is 750 g/mol. The van der Waals surface area contributed by atoms with Crippen LogP contribution in [0.15, 0.2) is 48.6 Å². The molecule has 0 spiro atoms. The standard InChI is InChI=1S/C44H79NO8/c1-3-5-7-9-11-13-14-15-16-17-18-19-20-21-22-23-24-26-28-30-32-34-40(48)45-37(38(47)33-31-29-27-25-12-10-8-6-4-2)36-52-44-43(51)42(50)41(49)39(35-46)53-44/h4,6,12,19-20,25,31,33,37-39,41-44,46-47,49-51H,3,5,7-11,13-18,21-24,26-30,32,34-36H2,1-2H3,(H,45,48)/b6-4+,20-19-,25-12+,33-31+. The zero-order valence-electron chi connectivity index (χ0n) is 33.5.